The van der Waals surface area contributed by atoms with Crippen molar-refractivity contribution in [3.05, 3.63) is 23.4 Å². The third-order valence-corrected chi connectivity index (χ3v) is 3.28. The van der Waals surface area contributed by atoms with E-state index in [1.165, 1.54) is 50.6 Å². The number of unbranched alkanes of at least 4 members (excludes halogenated alkanes) is 1. The molecule has 0 aromatic rings. The quantitative estimate of drug-likeness (QED) is 0.719. The molecule has 1 unspecified atom stereocenters. The predicted octanol–water partition coefficient (Wildman–Crippen LogP) is 3.53. The van der Waals surface area contributed by atoms with E-state index in [9.17, 15) is 0 Å². The maximum atomic E-state index is 3.68. The van der Waals surface area contributed by atoms with Gasteiger partial charge in [0, 0.05) is 11.7 Å². The van der Waals surface area contributed by atoms with Crippen LogP contribution in [0.15, 0.2) is 23.4 Å². The minimum Gasteiger partial charge on any atom is -0.382 e. The van der Waals surface area contributed by atoms with Gasteiger partial charge in [-0.15, -0.1) is 0 Å². The van der Waals surface area contributed by atoms with Crippen LogP contribution in [0.4, 0.5) is 0 Å². The summed E-state index contributed by atoms with van der Waals surface area (Å²) in [4.78, 5) is 0. The molecule has 2 aliphatic rings. The van der Waals surface area contributed by atoms with Crippen molar-refractivity contribution in [1.29, 1.82) is 0 Å². The van der Waals surface area contributed by atoms with Crippen molar-refractivity contribution in [2.75, 3.05) is 0 Å². The molecular formula is C13H21N. The first-order chi connectivity index (χ1) is 6.90. The Morgan fingerprint density at radius 3 is 3.07 bits per heavy atom. The Labute approximate surface area is 87.3 Å². The number of allylic oxidation sites excluding steroid dienone is 3. The van der Waals surface area contributed by atoms with Crippen LogP contribution in [0.2, 0.25) is 0 Å². The van der Waals surface area contributed by atoms with E-state index in [2.05, 4.69) is 24.4 Å². The van der Waals surface area contributed by atoms with Crippen molar-refractivity contribution < 1.29 is 0 Å². The van der Waals surface area contributed by atoms with E-state index in [-0.39, 0.29) is 0 Å². The summed E-state index contributed by atoms with van der Waals surface area (Å²) in [6.45, 7) is 2.27. The van der Waals surface area contributed by atoms with Crippen LogP contribution >= 0.6 is 0 Å². The fourth-order valence-electron chi connectivity index (χ4n) is 2.40. The average molecular weight is 191 g/mol. The summed E-state index contributed by atoms with van der Waals surface area (Å²) in [7, 11) is 0. The predicted molar refractivity (Wildman–Crippen MR) is 61.1 cm³/mol. The lowest BCUT2D eigenvalue weighted by Gasteiger charge is -2.30. The lowest BCUT2D eigenvalue weighted by Crippen LogP contribution is -2.34. The van der Waals surface area contributed by atoms with Crippen molar-refractivity contribution in [3.8, 4) is 0 Å². The first-order valence-corrected chi connectivity index (χ1v) is 6.06. The summed E-state index contributed by atoms with van der Waals surface area (Å²) in [6, 6.07) is 0.747. The van der Waals surface area contributed by atoms with E-state index >= 15 is 0 Å². The number of hydrogen-bond acceptors (Lipinski definition) is 1. The molecule has 78 valence electrons. The highest BCUT2D eigenvalue weighted by molar-refractivity contribution is 5.34. The van der Waals surface area contributed by atoms with Gasteiger partial charge in [-0.25, -0.2) is 0 Å². The Balaban J connectivity index is 1.90. The molecule has 1 saturated heterocycles. The van der Waals surface area contributed by atoms with E-state index in [1.807, 2.05) is 0 Å². The van der Waals surface area contributed by atoms with Crippen LogP contribution < -0.4 is 5.32 Å². The zero-order chi connectivity index (χ0) is 9.80. The largest absolute Gasteiger partial charge is 0.382 e. The van der Waals surface area contributed by atoms with Gasteiger partial charge in [-0.05, 0) is 37.7 Å². The minimum atomic E-state index is 0.747. The third-order valence-electron chi connectivity index (χ3n) is 3.28. The van der Waals surface area contributed by atoms with Gasteiger partial charge in [0.1, 0.15) is 0 Å². The SMILES string of the molecule is CCCCC1CCC2=CCCC=C2N1. The molecule has 0 radical (unpaired) electrons. The number of piperidine rings is 1. The first-order valence-electron chi connectivity index (χ1n) is 6.06. The van der Waals surface area contributed by atoms with Gasteiger partial charge in [0.05, 0.1) is 0 Å². The number of hydrogen-bond donors (Lipinski definition) is 1. The molecule has 1 fully saturated rings. The molecule has 1 atom stereocenters. The maximum Gasteiger partial charge on any atom is 0.0331 e. The van der Waals surface area contributed by atoms with Crippen LogP contribution in [0.3, 0.4) is 0 Å². The van der Waals surface area contributed by atoms with Crippen LogP contribution in [0.5, 0.6) is 0 Å². The van der Waals surface area contributed by atoms with Gasteiger partial charge in [0.25, 0.3) is 0 Å². The molecule has 0 aromatic heterocycles. The average Bonchev–Trinajstić information content (AvgIpc) is 2.26. The van der Waals surface area contributed by atoms with E-state index < -0.39 is 0 Å². The van der Waals surface area contributed by atoms with Crippen LogP contribution in [0.25, 0.3) is 0 Å². The summed E-state index contributed by atoms with van der Waals surface area (Å²) < 4.78 is 0. The molecule has 0 aromatic carbocycles. The Hall–Kier alpha value is -0.720. The van der Waals surface area contributed by atoms with Crippen molar-refractivity contribution in [1.82, 2.24) is 5.32 Å². The summed E-state index contributed by atoms with van der Waals surface area (Å²) >= 11 is 0. The molecule has 1 N–H and O–H groups in total. The van der Waals surface area contributed by atoms with Crippen molar-refractivity contribution in [2.45, 2.75) is 57.9 Å². The Morgan fingerprint density at radius 1 is 1.36 bits per heavy atom. The molecule has 1 heterocycles. The summed E-state index contributed by atoms with van der Waals surface area (Å²) in [6.07, 6.45) is 13.9. The van der Waals surface area contributed by atoms with Crippen LogP contribution in [-0.4, -0.2) is 6.04 Å². The normalized spacial score (nSPS) is 25.9. The zero-order valence-corrected chi connectivity index (χ0v) is 9.18. The van der Waals surface area contributed by atoms with Crippen molar-refractivity contribution >= 4 is 0 Å². The van der Waals surface area contributed by atoms with Crippen LogP contribution in [0.1, 0.15) is 51.9 Å². The van der Waals surface area contributed by atoms with Gasteiger partial charge in [0.2, 0.25) is 0 Å². The molecule has 1 nitrogen and oxygen atoms in total. The van der Waals surface area contributed by atoms with Gasteiger partial charge >= 0.3 is 0 Å². The molecule has 14 heavy (non-hydrogen) atoms. The molecule has 1 aliphatic carbocycles. The number of rotatable bonds is 3. The highest BCUT2D eigenvalue weighted by atomic mass is 14.9. The second kappa shape index (κ2) is 4.68. The molecule has 1 heteroatoms. The fourth-order valence-corrected chi connectivity index (χ4v) is 2.40. The van der Waals surface area contributed by atoms with Gasteiger partial charge in [0.15, 0.2) is 0 Å². The van der Waals surface area contributed by atoms with E-state index in [4.69, 9.17) is 0 Å². The third kappa shape index (κ3) is 2.20. The van der Waals surface area contributed by atoms with E-state index in [0.29, 0.717) is 0 Å². The molecule has 1 aliphatic heterocycles. The van der Waals surface area contributed by atoms with Crippen molar-refractivity contribution in [3.63, 3.8) is 0 Å². The minimum absolute atomic E-state index is 0.747. The van der Waals surface area contributed by atoms with Gasteiger partial charge in [-0.1, -0.05) is 31.9 Å². The van der Waals surface area contributed by atoms with Gasteiger partial charge in [-0.2, -0.15) is 0 Å². The van der Waals surface area contributed by atoms with E-state index in [0.717, 1.165) is 6.04 Å². The topological polar surface area (TPSA) is 12.0 Å². The fraction of sp³-hybridized carbons (Fsp3) is 0.692. The monoisotopic (exact) mass is 191 g/mol. The molecule has 0 spiro atoms. The van der Waals surface area contributed by atoms with Crippen molar-refractivity contribution in [2.24, 2.45) is 0 Å². The molecular weight excluding hydrogens is 170 g/mol. The molecule has 2 rings (SSSR count). The molecule has 0 saturated carbocycles. The number of nitrogens with one attached hydrogen (secondary N) is 1. The maximum absolute atomic E-state index is 3.68. The summed E-state index contributed by atoms with van der Waals surface area (Å²) in [5.74, 6) is 0. The second-order valence-electron chi connectivity index (χ2n) is 4.45. The standard InChI is InChI=1S/C13H21N/c1-2-3-7-12-10-9-11-6-4-5-8-13(11)14-12/h6,8,12,14H,2-5,7,9-10H2,1H3. The first kappa shape index (κ1) is 9.82. The Morgan fingerprint density at radius 2 is 2.21 bits per heavy atom. The Kier molecular flexibility index (Phi) is 3.28. The highest BCUT2D eigenvalue weighted by Gasteiger charge is 2.19. The molecule has 0 bridgehead atoms. The Bertz CT molecular complexity index is 250. The summed E-state index contributed by atoms with van der Waals surface area (Å²) in [5.41, 5.74) is 3.02. The van der Waals surface area contributed by atoms with Crippen LogP contribution in [-0.2, 0) is 0 Å². The van der Waals surface area contributed by atoms with Gasteiger partial charge < -0.3 is 5.32 Å². The highest BCUT2D eigenvalue weighted by Crippen LogP contribution is 2.28. The smallest absolute Gasteiger partial charge is 0.0331 e. The van der Waals surface area contributed by atoms with Crippen LogP contribution in [0, 0.1) is 0 Å². The summed E-state index contributed by atoms with van der Waals surface area (Å²) in [5, 5.41) is 3.68. The van der Waals surface area contributed by atoms with Gasteiger partial charge in [-0.3, -0.25) is 0 Å². The second-order valence-corrected chi connectivity index (χ2v) is 4.45. The number of fused-ring (bicyclic) bond motifs is 1. The lowest BCUT2D eigenvalue weighted by molar-refractivity contribution is 0.447. The lowest BCUT2D eigenvalue weighted by atomic mass is 9.90. The zero-order valence-electron chi connectivity index (χ0n) is 9.18. The molecule has 0 amide bonds. The van der Waals surface area contributed by atoms with E-state index in [1.54, 1.807) is 5.57 Å².